The van der Waals surface area contributed by atoms with E-state index in [1.54, 1.807) is 11.1 Å². The molecule has 126 valence electrons. The molecule has 0 radical (unpaired) electrons. The van der Waals surface area contributed by atoms with Gasteiger partial charge in [-0.05, 0) is 33.8 Å². The fourth-order valence-electron chi connectivity index (χ4n) is 2.66. The first-order valence-electron chi connectivity index (χ1n) is 7.38. The third kappa shape index (κ3) is 3.74. The highest BCUT2D eigenvalue weighted by Gasteiger charge is 2.39. The lowest BCUT2D eigenvalue weighted by molar-refractivity contribution is -0.135. The second kappa shape index (κ2) is 7.16. The van der Waals surface area contributed by atoms with E-state index in [1.807, 2.05) is 13.8 Å². The lowest BCUT2D eigenvalue weighted by Crippen LogP contribution is -2.51. The van der Waals surface area contributed by atoms with Gasteiger partial charge in [-0.25, -0.2) is 9.78 Å². The molecule has 2 amide bonds. The van der Waals surface area contributed by atoms with Gasteiger partial charge in [-0.1, -0.05) is 20.4 Å². The van der Waals surface area contributed by atoms with Gasteiger partial charge in [0.15, 0.2) is 0 Å². The number of hydrogen-bond acceptors (Lipinski definition) is 4. The number of carbonyl (C=O) groups excluding carboxylic acids is 2. The molecular formula is C15H21BrN4O3. The summed E-state index contributed by atoms with van der Waals surface area (Å²) in [7, 11) is 1.28. The molecule has 8 heteroatoms. The first kappa shape index (κ1) is 17.5. The maximum Gasteiger partial charge on any atom is 0.407 e. The van der Waals surface area contributed by atoms with Crippen molar-refractivity contribution in [1.29, 1.82) is 0 Å². The zero-order valence-corrected chi connectivity index (χ0v) is 15.0. The lowest BCUT2D eigenvalue weighted by atomic mass is 10.0. The molecule has 1 saturated heterocycles. The second-order valence-corrected chi connectivity index (χ2v) is 6.67. The van der Waals surface area contributed by atoms with Crippen molar-refractivity contribution in [2.45, 2.75) is 32.4 Å². The molecule has 2 atom stereocenters. The van der Waals surface area contributed by atoms with Crippen molar-refractivity contribution in [1.82, 2.24) is 20.2 Å². The molecule has 2 N–H and O–H groups in total. The van der Waals surface area contributed by atoms with Crippen LogP contribution in [0.3, 0.4) is 0 Å². The molecular weight excluding hydrogens is 364 g/mol. The van der Waals surface area contributed by atoms with Gasteiger partial charge < -0.3 is 19.9 Å². The summed E-state index contributed by atoms with van der Waals surface area (Å²) in [5.41, 5.74) is 0.917. The number of imidazole rings is 1. The maximum absolute atomic E-state index is 12.9. The lowest BCUT2D eigenvalue weighted by Gasteiger charge is -2.30. The number of H-pyrrole nitrogens is 1. The summed E-state index contributed by atoms with van der Waals surface area (Å²) in [4.78, 5) is 33.5. The first-order chi connectivity index (χ1) is 10.8. The number of aromatic nitrogens is 2. The van der Waals surface area contributed by atoms with Crippen LogP contribution in [-0.2, 0) is 9.53 Å². The van der Waals surface area contributed by atoms with Gasteiger partial charge in [0, 0.05) is 6.54 Å². The summed E-state index contributed by atoms with van der Waals surface area (Å²) in [6, 6.07) is -0.969. The van der Waals surface area contributed by atoms with E-state index in [4.69, 9.17) is 0 Å². The van der Waals surface area contributed by atoms with Crippen molar-refractivity contribution in [2.75, 3.05) is 13.7 Å². The maximum atomic E-state index is 12.9. The number of amides is 2. The predicted molar refractivity (Wildman–Crippen MR) is 88.7 cm³/mol. The van der Waals surface area contributed by atoms with Gasteiger partial charge in [-0.15, -0.1) is 0 Å². The van der Waals surface area contributed by atoms with Crippen LogP contribution in [0.2, 0.25) is 0 Å². The van der Waals surface area contributed by atoms with Gasteiger partial charge in [0.2, 0.25) is 5.91 Å². The largest absolute Gasteiger partial charge is 0.453 e. The minimum absolute atomic E-state index is 0.0700. The van der Waals surface area contributed by atoms with Crippen LogP contribution in [-0.4, -0.2) is 46.6 Å². The SMILES string of the molecule is C=C1CCN(C(=O)[C@@H](NC(=O)OC)C(C)C)[C@@H]1c1ncc(Br)[nH]1. The number of nitrogens with zero attached hydrogens (tertiary/aromatic N) is 2. The molecule has 0 bridgehead atoms. The number of methoxy groups -OCH3 is 1. The van der Waals surface area contributed by atoms with Crippen molar-refractivity contribution >= 4 is 27.9 Å². The van der Waals surface area contributed by atoms with Crippen LogP contribution in [0.15, 0.2) is 23.0 Å². The molecule has 1 fully saturated rings. The average molecular weight is 385 g/mol. The van der Waals surface area contributed by atoms with Crippen LogP contribution in [0.25, 0.3) is 0 Å². The number of rotatable bonds is 4. The summed E-state index contributed by atoms with van der Waals surface area (Å²) < 4.78 is 5.36. The Kier molecular flexibility index (Phi) is 5.46. The number of aromatic amines is 1. The molecule has 23 heavy (non-hydrogen) atoms. The Hall–Kier alpha value is -1.83. The topological polar surface area (TPSA) is 87.3 Å². The molecule has 1 aliphatic heterocycles. The fraction of sp³-hybridized carbons (Fsp3) is 0.533. The Morgan fingerprint density at radius 2 is 2.26 bits per heavy atom. The van der Waals surface area contributed by atoms with Crippen molar-refractivity contribution in [2.24, 2.45) is 5.92 Å². The van der Waals surface area contributed by atoms with Crippen LogP contribution < -0.4 is 5.32 Å². The summed E-state index contributed by atoms with van der Waals surface area (Å²) in [6.45, 7) is 8.36. The summed E-state index contributed by atoms with van der Waals surface area (Å²) in [5, 5.41) is 2.61. The van der Waals surface area contributed by atoms with Crippen LogP contribution in [0.4, 0.5) is 4.79 Å². The minimum atomic E-state index is -0.658. The number of hydrogen-bond donors (Lipinski definition) is 2. The minimum Gasteiger partial charge on any atom is -0.453 e. The molecule has 0 aliphatic carbocycles. The zero-order chi connectivity index (χ0) is 17.1. The first-order valence-corrected chi connectivity index (χ1v) is 8.17. The van der Waals surface area contributed by atoms with Crippen LogP contribution in [0, 0.1) is 5.92 Å². The van der Waals surface area contributed by atoms with Crippen molar-refractivity contribution in [3.63, 3.8) is 0 Å². The number of nitrogens with one attached hydrogen (secondary N) is 2. The van der Waals surface area contributed by atoms with E-state index in [0.29, 0.717) is 18.8 Å². The van der Waals surface area contributed by atoms with Gasteiger partial charge in [0.05, 0.1) is 13.3 Å². The molecule has 0 spiro atoms. The Labute approximate surface area is 143 Å². The fourth-order valence-corrected chi connectivity index (χ4v) is 2.96. The Morgan fingerprint density at radius 3 is 2.78 bits per heavy atom. The third-order valence-corrected chi connectivity index (χ3v) is 4.27. The molecule has 0 unspecified atom stereocenters. The number of carbonyl (C=O) groups is 2. The van der Waals surface area contributed by atoms with Crippen molar-refractivity contribution in [3.8, 4) is 0 Å². The van der Waals surface area contributed by atoms with Gasteiger partial charge in [-0.3, -0.25) is 4.79 Å². The van der Waals surface area contributed by atoms with E-state index in [-0.39, 0.29) is 17.9 Å². The second-order valence-electron chi connectivity index (χ2n) is 5.82. The smallest absolute Gasteiger partial charge is 0.407 e. The number of likely N-dealkylation sites (tertiary alicyclic amines) is 1. The van der Waals surface area contributed by atoms with E-state index in [1.165, 1.54) is 7.11 Å². The van der Waals surface area contributed by atoms with Crippen LogP contribution >= 0.6 is 15.9 Å². The van der Waals surface area contributed by atoms with Crippen LogP contribution in [0.1, 0.15) is 32.1 Å². The molecule has 0 saturated carbocycles. The Morgan fingerprint density at radius 1 is 1.57 bits per heavy atom. The van der Waals surface area contributed by atoms with Gasteiger partial charge in [-0.2, -0.15) is 0 Å². The molecule has 1 aromatic rings. The molecule has 2 rings (SSSR count). The number of alkyl carbamates (subject to hydrolysis) is 1. The van der Waals surface area contributed by atoms with E-state index in [9.17, 15) is 9.59 Å². The molecule has 7 nitrogen and oxygen atoms in total. The highest BCUT2D eigenvalue weighted by Crippen LogP contribution is 2.35. The van der Waals surface area contributed by atoms with Crippen molar-refractivity contribution < 1.29 is 14.3 Å². The Balaban J connectivity index is 2.24. The molecule has 2 heterocycles. The third-order valence-electron chi connectivity index (χ3n) is 3.87. The predicted octanol–water partition coefficient (Wildman–Crippen LogP) is 2.38. The molecule has 1 aliphatic rings. The summed E-state index contributed by atoms with van der Waals surface area (Å²) in [6.07, 6.45) is 1.74. The highest BCUT2D eigenvalue weighted by molar-refractivity contribution is 9.10. The Bertz CT molecular complexity index is 614. The standard InChI is InChI=1S/C15H21BrN4O3/c1-8(2)11(19-15(22)23-4)14(21)20-6-5-9(3)12(20)13-17-7-10(16)18-13/h7-8,11-12H,3,5-6H2,1-2,4H3,(H,17,18)(H,19,22)/t11-,12-/m0/s1. The van der Waals surface area contributed by atoms with E-state index < -0.39 is 12.1 Å². The number of halogens is 1. The molecule has 0 aromatic carbocycles. The zero-order valence-electron chi connectivity index (χ0n) is 13.4. The van der Waals surface area contributed by atoms with Gasteiger partial charge in [0.25, 0.3) is 0 Å². The monoisotopic (exact) mass is 384 g/mol. The summed E-state index contributed by atoms with van der Waals surface area (Å²) in [5.74, 6) is 0.425. The van der Waals surface area contributed by atoms with E-state index in [0.717, 1.165) is 10.2 Å². The average Bonchev–Trinajstić information content (AvgIpc) is 3.09. The van der Waals surface area contributed by atoms with Crippen LogP contribution in [0.5, 0.6) is 0 Å². The number of ether oxygens (including phenoxy) is 1. The van der Waals surface area contributed by atoms with Gasteiger partial charge in [0.1, 0.15) is 22.5 Å². The normalized spacial score (nSPS) is 19.1. The van der Waals surface area contributed by atoms with E-state index in [2.05, 4.69) is 42.5 Å². The summed E-state index contributed by atoms with van der Waals surface area (Å²) >= 11 is 3.33. The van der Waals surface area contributed by atoms with E-state index >= 15 is 0 Å². The highest BCUT2D eigenvalue weighted by atomic mass is 79.9. The van der Waals surface area contributed by atoms with Crippen molar-refractivity contribution in [3.05, 3.63) is 28.8 Å². The van der Waals surface area contributed by atoms with Gasteiger partial charge >= 0.3 is 6.09 Å². The molecule has 1 aromatic heterocycles. The quantitative estimate of drug-likeness (QED) is 0.780.